The van der Waals surface area contributed by atoms with Gasteiger partial charge in [-0.15, -0.1) is 6.58 Å². The second kappa shape index (κ2) is 25.4. The van der Waals surface area contributed by atoms with Crippen molar-refractivity contribution >= 4 is 23.4 Å². The number of oxime groups is 1. The molecule has 6 atom stereocenters. The highest BCUT2D eigenvalue weighted by atomic mass is 16.7. The van der Waals surface area contributed by atoms with Crippen molar-refractivity contribution in [2.24, 2.45) is 28.8 Å². The minimum absolute atomic E-state index is 0.00392. The molecule has 0 bridgehead atoms. The number of rotatable bonds is 29. The van der Waals surface area contributed by atoms with Gasteiger partial charge in [0.15, 0.2) is 0 Å². The minimum atomic E-state index is -1.38. The summed E-state index contributed by atoms with van der Waals surface area (Å²) in [6.07, 6.45) is 21.7. The molecule has 0 radical (unpaired) electrons. The Bertz CT molecular complexity index is 1970. The number of non-ortho nitro benzene ring substituents is 1. The number of hydrogen-bond donors (Lipinski definition) is 3. The second-order valence-electron chi connectivity index (χ2n) is 18.7. The Morgan fingerprint density at radius 3 is 2.29 bits per heavy atom. The van der Waals surface area contributed by atoms with Crippen LogP contribution in [0.4, 0.5) is 10.5 Å². The Balaban J connectivity index is 1.34. The zero-order valence-electron chi connectivity index (χ0n) is 39.3. The summed E-state index contributed by atoms with van der Waals surface area (Å²) >= 11 is 0. The molecule has 3 N–H and O–H groups in total. The maximum absolute atomic E-state index is 14.1. The zero-order chi connectivity index (χ0) is 46.9. The standard InChI is InChI=1S/C52H74N4O10/c1-4-6-7-8-9-10-11-12-13-16-29-53-51(60)65-41-27-28-46-44(34-41)48-42(20-15-18-31-58)39(19-14-17-30-57)33-43-45(54-64-36-37-21-25-40(26-22-37)56(61)62)35-47(55(3)50(59)38-23-24-38)52(66-46,49(43)48)63-32-5-2/h5,21-22,25-28,33-34,38-39,42,47-49,57-58H,2,4,6-20,23-24,29-32,35-36H2,1,3H3,(H,53,60). The number of amides is 2. The normalized spacial score (nSPS) is 23.5. The van der Waals surface area contributed by atoms with Crippen molar-refractivity contribution in [2.45, 2.75) is 153 Å². The molecule has 2 saturated carbocycles. The van der Waals surface area contributed by atoms with Gasteiger partial charge in [-0.3, -0.25) is 14.9 Å². The molecule has 2 fully saturated rings. The van der Waals surface area contributed by atoms with E-state index in [1.165, 1.54) is 57.1 Å². The van der Waals surface area contributed by atoms with Gasteiger partial charge < -0.3 is 39.5 Å². The molecule has 0 spiro atoms. The maximum atomic E-state index is 14.1. The predicted molar refractivity (Wildman–Crippen MR) is 254 cm³/mol. The lowest BCUT2D eigenvalue weighted by Gasteiger charge is -2.59. The fourth-order valence-electron chi connectivity index (χ4n) is 10.4. The van der Waals surface area contributed by atoms with E-state index in [1.807, 2.05) is 19.2 Å². The number of nitrogens with zero attached hydrogens (tertiary/aromatic N) is 3. The van der Waals surface area contributed by atoms with E-state index in [2.05, 4.69) is 24.9 Å². The number of nitro groups is 1. The van der Waals surface area contributed by atoms with Crippen LogP contribution >= 0.6 is 0 Å². The number of carbonyl (C=O) groups is 2. The fourth-order valence-corrected chi connectivity index (χ4v) is 10.4. The molecule has 2 aromatic carbocycles. The van der Waals surface area contributed by atoms with Crippen molar-refractivity contribution in [1.82, 2.24) is 10.2 Å². The van der Waals surface area contributed by atoms with Gasteiger partial charge in [-0.1, -0.05) is 94.9 Å². The maximum Gasteiger partial charge on any atom is 0.412 e. The molecule has 14 nitrogen and oxygen atoms in total. The first-order valence-electron chi connectivity index (χ1n) is 24.8. The van der Waals surface area contributed by atoms with Gasteiger partial charge in [0.1, 0.15) is 24.1 Å². The molecule has 1 aliphatic heterocycles. The van der Waals surface area contributed by atoms with E-state index in [9.17, 15) is 29.9 Å². The zero-order valence-corrected chi connectivity index (χ0v) is 39.3. The van der Waals surface area contributed by atoms with Gasteiger partial charge >= 0.3 is 6.09 Å². The van der Waals surface area contributed by atoms with Crippen LogP contribution in [0.3, 0.4) is 0 Å². The summed E-state index contributed by atoms with van der Waals surface area (Å²) in [6, 6.07) is 11.0. The Hall–Kier alpha value is -4.79. The summed E-state index contributed by atoms with van der Waals surface area (Å²) in [5.41, 5.74) is 3.08. The number of aliphatic hydroxyl groups is 2. The third-order valence-corrected chi connectivity index (χ3v) is 13.9. The van der Waals surface area contributed by atoms with Crippen LogP contribution in [0.1, 0.15) is 146 Å². The molecular weight excluding hydrogens is 841 g/mol. The highest BCUT2D eigenvalue weighted by molar-refractivity contribution is 6.03. The highest BCUT2D eigenvalue weighted by Gasteiger charge is 2.65. The van der Waals surface area contributed by atoms with E-state index in [-0.39, 0.29) is 68.1 Å². The lowest BCUT2D eigenvalue weighted by atomic mass is 9.55. The molecule has 1 heterocycles. The molecule has 6 rings (SSSR count). The smallest absolute Gasteiger partial charge is 0.412 e. The number of ether oxygens (including phenoxy) is 3. The van der Waals surface area contributed by atoms with E-state index < -0.39 is 28.8 Å². The molecule has 2 aromatic rings. The van der Waals surface area contributed by atoms with Crippen molar-refractivity contribution in [3.63, 3.8) is 0 Å². The number of nitrogens with one attached hydrogen (secondary N) is 1. The average molecular weight is 915 g/mol. The van der Waals surface area contributed by atoms with Gasteiger partial charge in [0.05, 0.1) is 23.2 Å². The summed E-state index contributed by atoms with van der Waals surface area (Å²) in [4.78, 5) is 46.1. The molecule has 4 aliphatic rings. The van der Waals surface area contributed by atoms with Crippen molar-refractivity contribution < 1.29 is 43.8 Å². The number of likely N-dealkylation sites (N-methyl/N-ethyl adjacent to an activating group) is 1. The predicted octanol–water partition coefficient (Wildman–Crippen LogP) is 10.3. The molecule has 3 aliphatic carbocycles. The van der Waals surface area contributed by atoms with Crippen LogP contribution < -0.4 is 14.8 Å². The SMILES string of the molecule is C=CCOC12Oc3ccc(OC(=O)NCCCCCCCCCCCC)cc3C3C(CCCCO)C(CCCCO)C=C(C(=NOCc4ccc([N+](=O)[O-])cc4)CC1N(C)C(=O)C1CC1)C32. The quantitative estimate of drug-likeness (QED) is 0.0307. The van der Waals surface area contributed by atoms with Crippen molar-refractivity contribution in [3.8, 4) is 11.5 Å². The molecule has 66 heavy (non-hydrogen) atoms. The number of fused-ring (bicyclic) bond motifs is 2. The third kappa shape index (κ3) is 13.0. The lowest BCUT2D eigenvalue weighted by molar-refractivity contribution is -0.384. The van der Waals surface area contributed by atoms with Gasteiger partial charge in [-0.2, -0.15) is 0 Å². The number of aliphatic hydroxyl groups excluding tert-OH is 2. The minimum Gasteiger partial charge on any atom is -0.459 e. The van der Waals surface area contributed by atoms with Crippen LogP contribution in [0, 0.1) is 33.8 Å². The monoisotopic (exact) mass is 915 g/mol. The van der Waals surface area contributed by atoms with Crippen molar-refractivity contribution in [3.05, 3.63) is 88.0 Å². The number of unbranched alkanes of at least 4 members (excludes halogenated alkanes) is 11. The molecular formula is C52H74N4O10. The summed E-state index contributed by atoms with van der Waals surface area (Å²) in [5.74, 6) is -1.25. The van der Waals surface area contributed by atoms with E-state index in [0.29, 0.717) is 42.2 Å². The Kier molecular flexibility index (Phi) is 19.5. The molecule has 14 heteroatoms. The van der Waals surface area contributed by atoms with Crippen LogP contribution in [-0.4, -0.2) is 83.0 Å². The van der Waals surface area contributed by atoms with Crippen LogP contribution in [0.25, 0.3) is 0 Å². The Morgan fingerprint density at radius 1 is 0.955 bits per heavy atom. The Morgan fingerprint density at radius 2 is 1.64 bits per heavy atom. The summed E-state index contributed by atoms with van der Waals surface area (Å²) < 4.78 is 20.2. The number of hydrogen-bond acceptors (Lipinski definition) is 11. The number of benzene rings is 2. The summed E-state index contributed by atoms with van der Waals surface area (Å²) in [5, 5.41) is 38.9. The second-order valence-corrected chi connectivity index (χ2v) is 18.7. The first kappa shape index (κ1) is 50.6. The number of nitro benzene ring substituents is 1. The van der Waals surface area contributed by atoms with Gasteiger partial charge in [-0.05, 0) is 98.2 Å². The average Bonchev–Trinajstić information content (AvgIpc) is 4.17. The first-order chi connectivity index (χ1) is 32.1. The first-order valence-corrected chi connectivity index (χ1v) is 24.8. The van der Waals surface area contributed by atoms with E-state index in [1.54, 1.807) is 29.2 Å². The lowest BCUT2D eigenvalue weighted by Crippen LogP contribution is -2.69. The van der Waals surface area contributed by atoms with Crippen LogP contribution in [-0.2, 0) is 21.0 Å². The topological polar surface area (TPSA) is 182 Å². The van der Waals surface area contributed by atoms with Crippen LogP contribution in [0.15, 0.2) is 71.9 Å². The molecule has 2 amide bonds. The van der Waals surface area contributed by atoms with Crippen LogP contribution in [0.5, 0.6) is 11.5 Å². The molecule has 362 valence electrons. The van der Waals surface area contributed by atoms with Gasteiger partial charge in [0.2, 0.25) is 11.7 Å². The van der Waals surface area contributed by atoms with E-state index >= 15 is 0 Å². The highest BCUT2D eigenvalue weighted by Crippen LogP contribution is 2.62. The summed E-state index contributed by atoms with van der Waals surface area (Å²) in [6.45, 7) is 7.11. The van der Waals surface area contributed by atoms with Gasteiger partial charge in [0, 0.05) is 62.8 Å². The fraction of sp³-hybridized carbons (Fsp3) is 0.635. The third-order valence-electron chi connectivity index (χ3n) is 13.9. The van der Waals surface area contributed by atoms with E-state index in [4.69, 9.17) is 24.2 Å². The number of carbonyl (C=O) groups excluding carboxylic acids is 2. The summed E-state index contributed by atoms with van der Waals surface area (Å²) in [7, 11) is 1.81. The van der Waals surface area contributed by atoms with Gasteiger partial charge in [-0.25, -0.2) is 4.79 Å². The van der Waals surface area contributed by atoms with Crippen molar-refractivity contribution in [1.29, 1.82) is 0 Å². The Labute approximate surface area is 391 Å². The van der Waals surface area contributed by atoms with Gasteiger partial charge in [0.25, 0.3) is 5.69 Å². The molecule has 0 aromatic heterocycles. The van der Waals surface area contributed by atoms with Crippen molar-refractivity contribution in [2.75, 3.05) is 33.4 Å². The molecule has 6 unspecified atom stereocenters. The molecule has 0 saturated heterocycles. The van der Waals surface area contributed by atoms with Crippen LogP contribution in [0.2, 0.25) is 0 Å². The van der Waals surface area contributed by atoms with E-state index in [0.717, 1.165) is 68.9 Å². The number of allylic oxidation sites excluding steroid dienone is 1. The largest absolute Gasteiger partial charge is 0.459 e.